The third-order valence-electron chi connectivity index (χ3n) is 4.62. The van der Waals surface area contributed by atoms with Crippen LogP contribution in [0.4, 0.5) is 0 Å². The summed E-state index contributed by atoms with van der Waals surface area (Å²) in [6, 6.07) is 3.52. The molecule has 136 valence electrons. The summed E-state index contributed by atoms with van der Waals surface area (Å²) in [4.78, 5) is 42.8. The molecule has 0 N–H and O–H groups in total. The molecule has 1 saturated heterocycles. The molecule has 1 atom stereocenters. The molecule has 1 unspecified atom stereocenters. The smallest absolute Gasteiger partial charge is 0.291 e. The first-order valence-electron chi connectivity index (χ1n) is 9.07. The molecule has 5 nitrogen and oxygen atoms in total. The van der Waals surface area contributed by atoms with Crippen LogP contribution >= 0.6 is 0 Å². The maximum Gasteiger partial charge on any atom is 0.291 e. The summed E-state index contributed by atoms with van der Waals surface area (Å²) < 4.78 is 0. The summed E-state index contributed by atoms with van der Waals surface area (Å²) in [5.41, 5.74) is 0.458. The SMILES string of the molecule is CC(C)(C)C(=O)C(=O)N1CCCC1C(=O)CCCCc1cccnc1. The van der Waals surface area contributed by atoms with Crippen molar-refractivity contribution in [3.8, 4) is 0 Å². The minimum absolute atomic E-state index is 0.0822. The molecule has 1 aliphatic rings. The quantitative estimate of drug-likeness (QED) is 0.563. The van der Waals surface area contributed by atoms with Crippen LogP contribution in [0.3, 0.4) is 0 Å². The Morgan fingerprint density at radius 2 is 2.00 bits per heavy atom. The summed E-state index contributed by atoms with van der Waals surface area (Å²) in [6.45, 7) is 5.71. The largest absolute Gasteiger partial charge is 0.326 e. The fourth-order valence-corrected chi connectivity index (χ4v) is 3.14. The number of hydrogen-bond donors (Lipinski definition) is 0. The number of nitrogens with zero attached hydrogens (tertiary/aromatic N) is 2. The lowest BCUT2D eigenvalue weighted by molar-refractivity contribution is -0.150. The van der Waals surface area contributed by atoms with Crippen molar-refractivity contribution in [1.82, 2.24) is 9.88 Å². The topological polar surface area (TPSA) is 67.3 Å². The Morgan fingerprint density at radius 1 is 1.24 bits per heavy atom. The number of rotatable bonds is 7. The van der Waals surface area contributed by atoms with E-state index in [-0.39, 0.29) is 5.78 Å². The number of Topliss-reactive ketones (excluding diaryl/α,β-unsaturated/α-hetero) is 2. The van der Waals surface area contributed by atoms with E-state index in [0.29, 0.717) is 19.4 Å². The fourth-order valence-electron chi connectivity index (χ4n) is 3.14. The zero-order valence-corrected chi connectivity index (χ0v) is 15.5. The summed E-state index contributed by atoms with van der Waals surface area (Å²) in [5.74, 6) is -0.832. The molecule has 1 amide bonds. The Hall–Kier alpha value is -2.04. The molecule has 1 aromatic heterocycles. The number of amides is 1. The minimum Gasteiger partial charge on any atom is -0.326 e. The van der Waals surface area contributed by atoms with Gasteiger partial charge in [0, 0.05) is 30.8 Å². The lowest BCUT2D eigenvalue weighted by Gasteiger charge is -2.26. The van der Waals surface area contributed by atoms with Crippen molar-refractivity contribution in [2.45, 2.75) is 65.3 Å². The minimum atomic E-state index is -0.711. The standard InChI is InChI=1S/C20H28N2O3/c1-20(2,3)18(24)19(25)22-13-7-10-16(22)17(23)11-5-4-8-15-9-6-12-21-14-15/h6,9,12,14,16H,4-5,7-8,10-11,13H2,1-3H3. The predicted molar refractivity (Wildman–Crippen MR) is 96.0 cm³/mol. The van der Waals surface area contributed by atoms with E-state index in [1.165, 1.54) is 10.5 Å². The van der Waals surface area contributed by atoms with E-state index in [1.54, 1.807) is 27.0 Å². The molecular weight excluding hydrogens is 316 g/mol. The molecule has 5 heteroatoms. The maximum atomic E-state index is 12.5. The van der Waals surface area contributed by atoms with Gasteiger partial charge >= 0.3 is 0 Å². The monoisotopic (exact) mass is 344 g/mol. The van der Waals surface area contributed by atoms with E-state index < -0.39 is 23.1 Å². The van der Waals surface area contributed by atoms with Gasteiger partial charge in [-0.15, -0.1) is 0 Å². The zero-order valence-electron chi connectivity index (χ0n) is 15.5. The van der Waals surface area contributed by atoms with Gasteiger partial charge in [0.1, 0.15) is 0 Å². The molecule has 0 saturated carbocycles. The Kier molecular flexibility index (Phi) is 6.45. The highest BCUT2D eigenvalue weighted by atomic mass is 16.2. The van der Waals surface area contributed by atoms with Gasteiger partial charge in [0.2, 0.25) is 5.78 Å². The van der Waals surface area contributed by atoms with Crippen LogP contribution in [0.15, 0.2) is 24.5 Å². The average Bonchev–Trinajstić information content (AvgIpc) is 3.07. The molecule has 2 heterocycles. The van der Waals surface area contributed by atoms with Crippen molar-refractivity contribution in [2.75, 3.05) is 6.54 Å². The molecule has 0 bridgehead atoms. The third-order valence-corrected chi connectivity index (χ3v) is 4.62. The fraction of sp³-hybridized carbons (Fsp3) is 0.600. The number of aromatic nitrogens is 1. The maximum absolute atomic E-state index is 12.5. The van der Waals surface area contributed by atoms with Crippen LogP contribution < -0.4 is 0 Å². The summed E-state index contributed by atoms with van der Waals surface area (Å²) in [5, 5.41) is 0. The summed E-state index contributed by atoms with van der Waals surface area (Å²) >= 11 is 0. The number of ketones is 2. The van der Waals surface area contributed by atoms with E-state index in [9.17, 15) is 14.4 Å². The van der Waals surface area contributed by atoms with Gasteiger partial charge in [0.05, 0.1) is 6.04 Å². The third kappa shape index (κ3) is 5.21. The predicted octanol–water partition coefficient (Wildman–Crippen LogP) is 2.97. The van der Waals surface area contributed by atoms with E-state index in [0.717, 1.165) is 25.7 Å². The van der Waals surface area contributed by atoms with Crippen molar-refractivity contribution in [3.63, 3.8) is 0 Å². The van der Waals surface area contributed by atoms with E-state index in [1.807, 2.05) is 18.3 Å². The number of hydrogen-bond acceptors (Lipinski definition) is 4. The van der Waals surface area contributed by atoms with E-state index in [4.69, 9.17) is 0 Å². The number of aryl methyl sites for hydroxylation is 1. The Bertz CT molecular complexity index is 620. The highest BCUT2D eigenvalue weighted by Crippen LogP contribution is 2.24. The average molecular weight is 344 g/mol. The second-order valence-electron chi connectivity index (χ2n) is 7.77. The Morgan fingerprint density at radius 3 is 2.64 bits per heavy atom. The number of carbonyl (C=O) groups is 3. The van der Waals surface area contributed by atoms with Gasteiger partial charge in [0.25, 0.3) is 5.91 Å². The van der Waals surface area contributed by atoms with Crippen LogP contribution in [0.25, 0.3) is 0 Å². The zero-order chi connectivity index (χ0) is 18.4. The molecule has 1 fully saturated rings. The van der Waals surface area contributed by atoms with E-state index in [2.05, 4.69) is 4.98 Å². The van der Waals surface area contributed by atoms with Crippen LogP contribution in [-0.2, 0) is 20.8 Å². The number of likely N-dealkylation sites (tertiary alicyclic amines) is 1. The Labute approximate surface area is 149 Å². The lowest BCUT2D eigenvalue weighted by Crippen LogP contribution is -2.46. The van der Waals surface area contributed by atoms with Gasteiger partial charge in [-0.25, -0.2) is 0 Å². The number of pyridine rings is 1. The van der Waals surface area contributed by atoms with Crippen molar-refractivity contribution >= 4 is 17.5 Å². The Balaban J connectivity index is 1.83. The van der Waals surface area contributed by atoms with Gasteiger partial charge in [-0.2, -0.15) is 0 Å². The highest BCUT2D eigenvalue weighted by Gasteiger charge is 2.39. The second-order valence-corrected chi connectivity index (χ2v) is 7.77. The van der Waals surface area contributed by atoms with Gasteiger partial charge in [0.15, 0.2) is 5.78 Å². The van der Waals surface area contributed by atoms with Crippen LogP contribution in [0.1, 0.15) is 58.4 Å². The second kappa shape index (κ2) is 8.37. The molecule has 0 spiro atoms. The van der Waals surface area contributed by atoms with Crippen LogP contribution in [-0.4, -0.2) is 39.9 Å². The van der Waals surface area contributed by atoms with E-state index >= 15 is 0 Å². The first-order chi connectivity index (χ1) is 11.8. The lowest BCUT2D eigenvalue weighted by atomic mass is 9.89. The summed E-state index contributed by atoms with van der Waals surface area (Å²) in [7, 11) is 0. The van der Waals surface area contributed by atoms with Gasteiger partial charge < -0.3 is 4.90 Å². The van der Waals surface area contributed by atoms with Crippen LogP contribution in [0, 0.1) is 5.41 Å². The van der Waals surface area contributed by atoms with Crippen molar-refractivity contribution in [1.29, 1.82) is 0 Å². The number of unbranched alkanes of at least 4 members (excludes halogenated alkanes) is 1. The normalized spacial score (nSPS) is 17.6. The number of carbonyl (C=O) groups excluding carboxylic acids is 3. The first-order valence-corrected chi connectivity index (χ1v) is 9.07. The summed E-state index contributed by atoms with van der Waals surface area (Å²) in [6.07, 6.45) is 8.11. The van der Waals surface area contributed by atoms with Gasteiger partial charge in [-0.3, -0.25) is 19.4 Å². The molecule has 25 heavy (non-hydrogen) atoms. The molecule has 1 aromatic rings. The molecule has 0 aliphatic carbocycles. The molecule has 0 radical (unpaired) electrons. The first kappa shape index (κ1) is 19.3. The molecule has 0 aromatic carbocycles. The van der Waals surface area contributed by atoms with Crippen LogP contribution in [0.5, 0.6) is 0 Å². The van der Waals surface area contributed by atoms with Gasteiger partial charge in [-0.1, -0.05) is 26.8 Å². The molecule has 1 aliphatic heterocycles. The van der Waals surface area contributed by atoms with Gasteiger partial charge in [-0.05, 0) is 43.7 Å². The van der Waals surface area contributed by atoms with Crippen molar-refractivity contribution < 1.29 is 14.4 Å². The highest BCUT2D eigenvalue weighted by molar-refractivity contribution is 6.38. The van der Waals surface area contributed by atoms with Crippen molar-refractivity contribution in [3.05, 3.63) is 30.1 Å². The molecular formula is C20H28N2O3. The van der Waals surface area contributed by atoms with Crippen molar-refractivity contribution in [2.24, 2.45) is 5.41 Å². The molecule has 2 rings (SSSR count). The van der Waals surface area contributed by atoms with Crippen LogP contribution in [0.2, 0.25) is 0 Å².